The van der Waals surface area contributed by atoms with Gasteiger partial charge in [0, 0.05) is 11.6 Å². The van der Waals surface area contributed by atoms with Crippen LogP contribution in [0.4, 0.5) is 0 Å². The van der Waals surface area contributed by atoms with Crippen molar-refractivity contribution in [3.63, 3.8) is 0 Å². The molecule has 0 amide bonds. The summed E-state index contributed by atoms with van der Waals surface area (Å²) in [5.74, 6) is 0.644. The quantitative estimate of drug-likeness (QED) is 0.688. The summed E-state index contributed by atoms with van der Waals surface area (Å²) in [6.07, 6.45) is 1.58. The van der Waals surface area contributed by atoms with Gasteiger partial charge < -0.3 is 19.0 Å². The lowest BCUT2D eigenvalue weighted by molar-refractivity contribution is 0.0491. The number of nitrogens with one attached hydrogen (secondary N) is 1. The number of carbonyl (C=O) groups is 1. The van der Waals surface area contributed by atoms with Crippen LogP contribution in [0.3, 0.4) is 0 Å². The number of phenols is 1. The van der Waals surface area contributed by atoms with Gasteiger partial charge in [-0.2, -0.15) is 5.10 Å². The van der Waals surface area contributed by atoms with Crippen molar-refractivity contribution in [3.05, 3.63) is 41.8 Å². The molecular formula is C18H18N2O5. The molecule has 1 aromatic carbocycles. The van der Waals surface area contributed by atoms with Gasteiger partial charge in [-0.1, -0.05) is 0 Å². The predicted molar refractivity (Wildman–Crippen MR) is 90.6 cm³/mol. The van der Waals surface area contributed by atoms with E-state index in [4.69, 9.17) is 13.9 Å². The third kappa shape index (κ3) is 3.08. The Kier molecular flexibility index (Phi) is 4.47. The molecule has 0 spiro atoms. The van der Waals surface area contributed by atoms with Gasteiger partial charge in [0.25, 0.3) is 0 Å². The zero-order valence-corrected chi connectivity index (χ0v) is 14.1. The first-order chi connectivity index (χ1) is 12.0. The second-order valence-corrected chi connectivity index (χ2v) is 5.38. The van der Waals surface area contributed by atoms with E-state index < -0.39 is 5.97 Å². The molecule has 0 saturated carbocycles. The summed E-state index contributed by atoms with van der Waals surface area (Å²) >= 11 is 0. The Morgan fingerprint density at radius 3 is 2.84 bits per heavy atom. The summed E-state index contributed by atoms with van der Waals surface area (Å²) in [5.41, 5.74) is 2.60. The minimum Gasteiger partial charge on any atom is -0.507 e. The lowest BCUT2D eigenvalue weighted by Gasteiger charge is -2.10. The number of hydrogen-bond donors (Lipinski definition) is 2. The SMILES string of the molecule is CCOC(=O)c1ccc(-c2cn[nH]c2-c2c(C)cc(OC)cc2O)o1. The number of H-pyrrole nitrogens is 1. The zero-order valence-electron chi connectivity index (χ0n) is 14.1. The average molecular weight is 342 g/mol. The van der Waals surface area contributed by atoms with E-state index in [0.29, 0.717) is 28.3 Å². The van der Waals surface area contributed by atoms with Crippen molar-refractivity contribution >= 4 is 5.97 Å². The highest BCUT2D eigenvalue weighted by Gasteiger charge is 2.20. The molecule has 0 fully saturated rings. The maximum atomic E-state index is 11.8. The van der Waals surface area contributed by atoms with Gasteiger partial charge in [-0.25, -0.2) is 4.79 Å². The first-order valence-electron chi connectivity index (χ1n) is 7.73. The number of ether oxygens (including phenoxy) is 2. The molecule has 3 rings (SSSR count). The second-order valence-electron chi connectivity index (χ2n) is 5.38. The van der Waals surface area contributed by atoms with Crippen LogP contribution >= 0.6 is 0 Å². The number of aryl methyl sites for hydroxylation is 1. The molecule has 0 bridgehead atoms. The first-order valence-corrected chi connectivity index (χ1v) is 7.73. The third-order valence-electron chi connectivity index (χ3n) is 3.76. The topological polar surface area (TPSA) is 97.6 Å². The Hall–Kier alpha value is -3.22. The molecule has 2 N–H and O–H groups in total. The fourth-order valence-corrected chi connectivity index (χ4v) is 2.64. The molecule has 0 aliphatic carbocycles. The van der Waals surface area contributed by atoms with Crippen LogP contribution in [0.15, 0.2) is 34.9 Å². The summed E-state index contributed by atoms with van der Waals surface area (Å²) in [7, 11) is 1.54. The highest BCUT2D eigenvalue weighted by Crippen LogP contribution is 2.40. The van der Waals surface area contributed by atoms with E-state index in [1.54, 1.807) is 25.3 Å². The molecule has 0 saturated heterocycles. The smallest absolute Gasteiger partial charge is 0.374 e. The molecule has 7 heteroatoms. The number of phenolic OH excluding ortho intramolecular Hbond substituents is 1. The van der Waals surface area contributed by atoms with Crippen molar-refractivity contribution in [1.29, 1.82) is 0 Å². The number of benzene rings is 1. The van der Waals surface area contributed by atoms with Gasteiger partial charge in [0.15, 0.2) is 0 Å². The fraction of sp³-hybridized carbons (Fsp3) is 0.222. The lowest BCUT2D eigenvalue weighted by Crippen LogP contribution is -2.02. The Morgan fingerprint density at radius 1 is 1.36 bits per heavy atom. The number of rotatable bonds is 5. The molecule has 0 unspecified atom stereocenters. The normalized spacial score (nSPS) is 10.7. The summed E-state index contributed by atoms with van der Waals surface area (Å²) in [5, 5.41) is 17.3. The van der Waals surface area contributed by atoms with Gasteiger partial charge in [-0.05, 0) is 37.6 Å². The van der Waals surface area contributed by atoms with Gasteiger partial charge in [-0.15, -0.1) is 0 Å². The minimum absolute atomic E-state index is 0.0551. The number of hydrogen-bond acceptors (Lipinski definition) is 6. The number of aromatic nitrogens is 2. The van der Waals surface area contributed by atoms with Gasteiger partial charge >= 0.3 is 5.97 Å². The fourth-order valence-electron chi connectivity index (χ4n) is 2.64. The van der Waals surface area contributed by atoms with E-state index >= 15 is 0 Å². The lowest BCUT2D eigenvalue weighted by atomic mass is 10.0. The molecule has 2 aromatic heterocycles. The molecule has 0 atom stereocenters. The zero-order chi connectivity index (χ0) is 18.0. The molecule has 0 aliphatic rings. The Balaban J connectivity index is 2.04. The monoisotopic (exact) mass is 342 g/mol. The van der Waals surface area contributed by atoms with Crippen molar-refractivity contribution < 1.29 is 23.8 Å². The molecule has 0 radical (unpaired) electrons. The van der Waals surface area contributed by atoms with Crippen molar-refractivity contribution in [2.24, 2.45) is 0 Å². The number of aromatic hydroxyl groups is 1. The Morgan fingerprint density at radius 2 is 2.16 bits per heavy atom. The van der Waals surface area contributed by atoms with E-state index in [-0.39, 0.29) is 18.1 Å². The van der Waals surface area contributed by atoms with Gasteiger partial charge in [0.1, 0.15) is 17.3 Å². The van der Waals surface area contributed by atoms with Crippen LogP contribution in [-0.2, 0) is 4.74 Å². The number of esters is 1. The van der Waals surface area contributed by atoms with Crippen LogP contribution in [0.1, 0.15) is 23.0 Å². The summed E-state index contributed by atoms with van der Waals surface area (Å²) in [6.45, 7) is 3.85. The van der Waals surface area contributed by atoms with Crippen molar-refractivity contribution in [3.8, 4) is 34.1 Å². The number of nitrogens with zero attached hydrogens (tertiary/aromatic N) is 1. The number of furan rings is 1. The van der Waals surface area contributed by atoms with Crippen LogP contribution < -0.4 is 4.74 Å². The third-order valence-corrected chi connectivity index (χ3v) is 3.76. The number of aromatic amines is 1. The molecule has 0 aliphatic heterocycles. The second kappa shape index (κ2) is 6.72. The highest BCUT2D eigenvalue weighted by molar-refractivity contribution is 5.88. The maximum Gasteiger partial charge on any atom is 0.374 e. The standard InChI is InChI=1S/C18H18N2O5/c1-4-24-18(22)15-6-5-14(25-15)12-9-19-20-17(12)16-10(2)7-11(23-3)8-13(16)21/h5-9,21H,4H2,1-3H3,(H,19,20). The number of methoxy groups -OCH3 is 1. The molecule has 3 aromatic rings. The first kappa shape index (κ1) is 16.6. The van der Waals surface area contributed by atoms with Crippen LogP contribution in [0.2, 0.25) is 0 Å². The largest absolute Gasteiger partial charge is 0.507 e. The Labute approximate surface area is 144 Å². The molecule has 2 heterocycles. The van der Waals surface area contributed by atoms with Gasteiger partial charge in [0.2, 0.25) is 5.76 Å². The predicted octanol–water partition coefficient (Wildman–Crippen LogP) is 3.54. The van der Waals surface area contributed by atoms with E-state index in [2.05, 4.69) is 10.2 Å². The molecule has 7 nitrogen and oxygen atoms in total. The van der Waals surface area contributed by atoms with Crippen molar-refractivity contribution in [2.75, 3.05) is 13.7 Å². The van der Waals surface area contributed by atoms with Gasteiger partial charge in [0.05, 0.1) is 31.2 Å². The van der Waals surface area contributed by atoms with Crippen LogP contribution in [0.25, 0.3) is 22.6 Å². The van der Waals surface area contributed by atoms with Crippen molar-refractivity contribution in [1.82, 2.24) is 10.2 Å². The summed E-state index contributed by atoms with van der Waals surface area (Å²) in [6, 6.07) is 6.55. The summed E-state index contributed by atoms with van der Waals surface area (Å²) in [4.78, 5) is 11.8. The molecule has 130 valence electrons. The minimum atomic E-state index is -0.526. The molecule has 25 heavy (non-hydrogen) atoms. The van der Waals surface area contributed by atoms with E-state index in [0.717, 1.165) is 5.56 Å². The summed E-state index contributed by atoms with van der Waals surface area (Å²) < 4.78 is 15.7. The van der Waals surface area contributed by atoms with Gasteiger partial charge in [-0.3, -0.25) is 5.10 Å². The average Bonchev–Trinajstić information content (AvgIpc) is 3.23. The van der Waals surface area contributed by atoms with Crippen molar-refractivity contribution in [2.45, 2.75) is 13.8 Å². The maximum absolute atomic E-state index is 11.8. The van der Waals surface area contributed by atoms with Crippen LogP contribution in [-0.4, -0.2) is 35.0 Å². The van der Waals surface area contributed by atoms with Crippen LogP contribution in [0.5, 0.6) is 11.5 Å². The van der Waals surface area contributed by atoms with E-state index in [9.17, 15) is 9.90 Å². The molecular weight excluding hydrogens is 324 g/mol. The van der Waals surface area contributed by atoms with Crippen LogP contribution in [0, 0.1) is 6.92 Å². The Bertz CT molecular complexity index is 887. The number of carbonyl (C=O) groups excluding carboxylic acids is 1. The van der Waals surface area contributed by atoms with E-state index in [1.807, 2.05) is 13.0 Å². The van der Waals surface area contributed by atoms with E-state index in [1.165, 1.54) is 13.2 Å². The highest BCUT2D eigenvalue weighted by atomic mass is 16.5.